The fourth-order valence-electron chi connectivity index (χ4n) is 3.22. The lowest BCUT2D eigenvalue weighted by molar-refractivity contribution is 0.297. The number of aromatic nitrogens is 3. The van der Waals surface area contributed by atoms with Crippen molar-refractivity contribution in [3.63, 3.8) is 0 Å². The molecule has 0 saturated heterocycles. The Hall–Kier alpha value is -2.77. The van der Waals surface area contributed by atoms with E-state index in [9.17, 15) is 0 Å². The van der Waals surface area contributed by atoms with Crippen LogP contribution >= 0.6 is 0 Å². The third-order valence-corrected chi connectivity index (χ3v) is 4.58. The molecule has 138 valence electrons. The van der Waals surface area contributed by atoms with Gasteiger partial charge in [-0.25, -0.2) is 0 Å². The Morgan fingerprint density at radius 2 is 2.04 bits per heavy atom. The normalized spacial score (nSPS) is 16.6. The van der Waals surface area contributed by atoms with Crippen LogP contribution in [-0.2, 0) is 19.5 Å². The number of guanidine groups is 1. The minimum absolute atomic E-state index is 0.581. The van der Waals surface area contributed by atoms with Gasteiger partial charge in [-0.1, -0.05) is 0 Å². The Bertz CT molecular complexity index is 801. The second-order valence-electron chi connectivity index (χ2n) is 6.40. The summed E-state index contributed by atoms with van der Waals surface area (Å²) in [6, 6.07) is 5.82. The Labute approximate surface area is 152 Å². The molecule has 0 spiro atoms. The summed E-state index contributed by atoms with van der Waals surface area (Å²) >= 11 is 0. The number of rotatable bonds is 3. The number of nitrogens with one attached hydrogen (secondary N) is 2. The summed E-state index contributed by atoms with van der Waals surface area (Å²) in [6.45, 7) is 2.93. The summed E-state index contributed by atoms with van der Waals surface area (Å²) in [5.41, 5.74) is 0.894. The van der Waals surface area contributed by atoms with Gasteiger partial charge >= 0.3 is 0 Å². The molecule has 0 fully saturated rings. The first kappa shape index (κ1) is 16.7. The molecule has 0 saturated carbocycles. The quantitative estimate of drug-likeness (QED) is 0.646. The molecule has 2 aliphatic heterocycles. The summed E-state index contributed by atoms with van der Waals surface area (Å²) in [5.74, 6) is 4.24. The molecule has 0 aliphatic carbocycles. The fourth-order valence-corrected chi connectivity index (χ4v) is 3.22. The number of hydrogen-bond donors (Lipinski definition) is 2. The van der Waals surface area contributed by atoms with Crippen molar-refractivity contribution in [2.45, 2.75) is 38.8 Å². The molecule has 4 rings (SSSR count). The second kappa shape index (κ2) is 7.63. The molecule has 26 heavy (non-hydrogen) atoms. The number of ether oxygens (including phenoxy) is 2. The highest BCUT2D eigenvalue weighted by Crippen LogP contribution is 2.32. The number of aliphatic imine (C=N–C) groups is 1. The zero-order valence-corrected chi connectivity index (χ0v) is 15.0. The highest BCUT2D eigenvalue weighted by Gasteiger charge is 2.16. The number of aryl methyl sites for hydroxylation is 1. The maximum absolute atomic E-state index is 5.74. The molecule has 1 aromatic carbocycles. The van der Waals surface area contributed by atoms with E-state index in [-0.39, 0.29) is 0 Å². The predicted octanol–water partition coefficient (Wildman–Crippen LogP) is 1.96. The summed E-state index contributed by atoms with van der Waals surface area (Å²) in [5, 5.41) is 15.2. The lowest BCUT2D eigenvalue weighted by atomic mass is 10.2. The van der Waals surface area contributed by atoms with E-state index >= 15 is 0 Å². The Balaban J connectivity index is 1.41. The van der Waals surface area contributed by atoms with Crippen molar-refractivity contribution >= 4 is 11.6 Å². The summed E-state index contributed by atoms with van der Waals surface area (Å²) in [4.78, 5) is 4.29. The molecular formula is C18H24N6O2. The molecular weight excluding hydrogens is 332 g/mol. The third kappa shape index (κ3) is 3.58. The van der Waals surface area contributed by atoms with Gasteiger partial charge in [0.25, 0.3) is 0 Å². The third-order valence-electron chi connectivity index (χ3n) is 4.58. The number of fused-ring (bicyclic) bond motifs is 2. The predicted molar refractivity (Wildman–Crippen MR) is 98.8 cm³/mol. The van der Waals surface area contributed by atoms with Gasteiger partial charge in [-0.2, -0.15) is 0 Å². The van der Waals surface area contributed by atoms with E-state index < -0.39 is 0 Å². The van der Waals surface area contributed by atoms with E-state index in [1.54, 1.807) is 7.05 Å². The average molecular weight is 356 g/mol. The number of nitrogens with zero attached hydrogens (tertiary/aromatic N) is 4. The highest BCUT2D eigenvalue weighted by atomic mass is 16.5. The minimum atomic E-state index is 0.581. The Morgan fingerprint density at radius 1 is 1.15 bits per heavy atom. The molecule has 8 heteroatoms. The van der Waals surface area contributed by atoms with Crippen LogP contribution in [0, 0.1) is 0 Å². The van der Waals surface area contributed by atoms with Gasteiger partial charge in [0.15, 0.2) is 23.3 Å². The molecule has 2 aliphatic rings. The zero-order valence-electron chi connectivity index (χ0n) is 15.0. The van der Waals surface area contributed by atoms with Crippen LogP contribution in [0.5, 0.6) is 11.5 Å². The van der Waals surface area contributed by atoms with E-state index in [2.05, 4.69) is 30.4 Å². The topological polar surface area (TPSA) is 85.6 Å². The molecule has 2 aromatic rings. The first-order valence-corrected chi connectivity index (χ1v) is 9.12. The van der Waals surface area contributed by atoms with Crippen molar-refractivity contribution in [3.05, 3.63) is 29.8 Å². The largest absolute Gasteiger partial charge is 0.490 e. The maximum Gasteiger partial charge on any atom is 0.195 e. The zero-order chi connectivity index (χ0) is 17.8. The maximum atomic E-state index is 5.74. The summed E-state index contributed by atoms with van der Waals surface area (Å²) in [7, 11) is 1.75. The van der Waals surface area contributed by atoms with E-state index in [0.717, 1.165) is 48.2 Å². The average Bonchev–Trinajstić information content (AvgIpc) is 2.94. The van der Waals surface area contributed by atoms with Crippen LogP contribution in [0.15, 0.2) is 23.2 Å². The standard InChI is InChI=1S/C18H24N6O2/c1-19-18(20-12-17-23-22-16-5-2-3-8-24(16)17)21-13-6-7-14-15(11-13)26-10-4-9-25-14/h6-7,11H,2-5,8-10,12H2,1H3,(H2,19,20,21). The van der Waals surface area contributed by atoms with Gasteiger partial charge in [0.1, 0.15) is 5.82 Å². The van der Waals surface area contributed by atoms with Crippen LogP contribution in [0.1, 0.15) is 30.9 Å². The first-order chi connectivity index (χ1) is 12.8. The SMILES string of the molecule is CN=C(NCc1nnc2n1CCCC2)Nc1ccc2c(c1)OCCCO2. The van der Waals surface area contributed by atoms with E-state index in [0.29, 0.717) is 25.7 Å². The van der Waals surface area contributed by atoms with Gasteiger partial charge in [-0.05, 0) is 25.0 Å². The number of hydrogen-bond acceptors (Lipinski definition) is 5. The van der Waals surface area contributed by atoms with Crippen LogP contribution < -0.4 is 20.1 Å². The van der Waals surface area contributed by atoms with Crippen molar-refractivity contribution in [1.29, 1.82) is 0 Å². The highest BCUT2D eigenvalue weighted by molar-refractivity contribution is 5.93. The second-order valence-corrected chi connectivity index (χ2v) is 6.40. The van der Waals surface area contributed by atoms with Crippen molar-refractivity contribution < 1.29 is 9.47 Å². The van der Waals surface area contributed by atoms with Crippen LogP contribution in [0.3, 0.4) is 0 Å². The van der Waals surface area contributed by atoms with Gasteiger partial charge in [0, 0.05) is 38.2 Å². The molecule has 1 aromatic heterocycles. The molecule has 2 N–H and O–H groups in total. The Kier molecular flexibility index (Phi) is 4.90. The van der Waals surface area contributed by atoms with Gasteiger partial charge in [-0.15, -0.1) is 10.2 Å². The minimum Gasteiger partial charge on any atom is -0.490 e. The molecule has 0 radical (unpaired) electrons. The molecule has 8 nitrogen and oxygen atoms in total. The number of anilines is 1. The lowest BCUT2D eigenvalue weighted by Crippen LogP contribution is -2.31. The fraction of sp³-hybridized carbons (Fsp3) is 0.500. The van der Waals surface area contributed by atoms with Crippen LogP contribution in [-0.4, -0.2) is 41.0 Å². The Morgan fingerprint density at radius 3 is 2.92 bits per heavy atom. The molecule has 0 atom stereocenters. The van der Waals surface area contributed by atoms with Crippen molar-refractivity contribution in [3.8, 4) is 11.5 Å². The van der Waals surface area contributed by atoms with Gasteiger partial charge in [0.05, 0.1) is 19.8 Å². The van der Waals surface area contributed by atoms with Crippen LogP contribution in [0.25, 0.3) is 0 Å². The van der Waals surface area contributed by atoms with Gasteiger partial charge < -0.3 is 24.7 Å². The molecule has 3 heterocycles. The van der Waals surface area contributed by atoms with E-state index in [1.807, 2.05) is 18.2 Å². The molecule has 0 amide bonds. The molecule has 0 bridgehead atoms. The summed E-state index contributed by atoms with van der Waals surface area (Å²) < 4.78 is 13.6. The van der Waals surface area contributed by atoms with Gasteiger partial charge in [-0.3, -0.25) is 4.99 Å². The smallest absolute Gasteiger partial charge is 0.195 e. The van der Waals surface area contributed by atoms with E-state index in [4.69, 9.17) is 9.47 Å². The number of benzene rings is 1. The van der Waals surface area contributed by atoms with Crippen molar-refractivity contribution in [1.82, 2.24) is 20.1 Å². The van der Waals surface area contributed by atoms with Crippen molar-refractivity contribution in [2.24, 2.45) is 4.99 Å². The van der Waals surface area contributed by atoms with Crippen LogP contribution in [0.4, 0.5) is 5.69 Å². The summed E-state index contributed by atoms with van der Waals surface area (Å²) in [6.07, 6.45) is 4.28. The monoisotopic (exact) mass is 356 g/mol. The first-order valence-electron chi connectivity index (χ1n) is 9.12. The molecule has 0 unspecified atom stereocenters. The van der Waals surface area contributed by atoms with Gasteiger partial charge in [0.2, 0.25) is 0 Å². The van der Waals surface area contributed by atoms with Crippen LogP contribution in [0.2, 0.25) is 0 Å². The van der Waals surface area contributed by atoms with E-state index in [1.165, 1.54) is 12.8 Å². The lowest BCUT2D eigenvalue weighted by Gasteiger charge is -2.16. The van der Waals surface area contributed by atoms with Crippen molar-refractivity contribution in [2.75, 3.05) is 25.6 Å².